The Morgan fingerprint density at radius 1 is 1.11 bits per heavy atom. The predicted octanol–water partition coefficient (Wildman–Crippen LogP) is 3.25. The van der Waals surface area contributed by atoms with Crippen molar-refractivity contribution in [2.75, 3.05) is 26.5 Å². The van der Waals surface area contributed by atoms with E-state index in [0.29, 0.717) is 22.6 Å². The molecule has 0 atom stereocenters. The lowest BCUT2D eigenvalue weighted by Crippen LogP contribution is -2.22. The molecule has 3 aromatic rings. The Balaban J connectivity index is 1.85. The summed E-state index contributed by atoms with van der Waals surface area (Å²) < 4.78 is 36.2. The molecule has 0 bridgehead atoms. The first kappa shape index (κ1) is 18.9. The molecule has 0 aliphatic heterocycles. The fourth-order valence-electron chi connectivity index (χ4n) is 2.65. The molecule has 8 heteroatoms. The summed E-state index contributed by atoms with van der Waals surface area (Å²) in [6, 6.07) is 11.3. The van der Waals surface area contributed by atoms with Crippen molar-refractivity contribution in [2.45, 2.75) is 11.8 Å². The number of carbonyl (C=O) groups excluding carboxylic acids is 1. The van der Waals surface area contributed by atoms with E-state index in [2.05, 4.69) is 5.32 Å². The number of sulfonamides is 1. The summed E-state index contributed by atoms with van der Waals surface area (Å²) in [7, 11) is 0.984. The van der Waals surface area contributed by atoms with Crippen molar-refractivity contribution in [3.8, 4) is 5.75 Å². The van der Waals surface area contributed by atoms with Gasteiger partial charge in [-0.15, -0.1) is 0 Å². The summed E-state index contributed by atoms with van der Waals surface area (Å²) in [6.45, 7) is 1.80. The van der Waals surface area contributed by atoms with E-state index in [1.54, 1.807) is 26.2 Å². The van der Waals surface area contributed by atoms with Gasteiger partial charge in [0.15, 0.2) is 5.76 Å². The Kier molecular flexibility index (Phi) is 4.95. The maximum Gasteiger partial charge on any atom is 0.291 e. The number of furan rings is 1. The second-order valence-electron chi connectivity index (χ2n) is 6.18. The highest BCUT2D eigenvalue weighted by atomic mass is 32.2. The summed E-state index contributed by atoms with van der Waals surface area (Å²) in [6.07, 6.45) is 0. The molecule has 27 heavy (non-hydrogen) atoms. The van der Waals surface area contributed by atoms with Gasteiger partial charge in [-0.3, -0.25) is 4.79 Å². The molecule has 1 amide bonds. The van der Waals surface area contributed by atoms with E-state index < -0.39 is 15.9 Å². The molecular formula is C19H20N2O5S. The molecule has 0 aliphatic rings. The number of amides is 1. The van der Waals surface area contributed by atoms with Crippen LogP contribution >= 0.6 is 0 Å². The lowest BCUT2D eigenvalue weighted by molar-refractivity contribution is 0.0998. The van der Waals surface area contributed by atoms with Gasteiger partial charge in [-0.1, -0.05) is 0 Å². The minimum atomic E-state index is -3.51. The molecule has 3 rings (SSSR count). The van der Waals surface area contributed by atoms with Gasteiger partial charge in [0.05, 0.1) is 12.0 Å². The normalized spacial score (nSPS) is 11.7. The Labute approximate surface area is 157 Å². The van der Waals surface area contributed by atoms with Crippen LogP contribution < -0.4 is 10.1 Å². The zero-order valence-electron chi connectivity index (χ0n) is 15.4. The van der Waals surface area contributed by atoms with Gasteiger partial charge in [-0.25, -0.2) is 12.7 Å². The Morgan fingerprint density at radius 3 is 2.37 bits per heavy atom. The maximum absolute atomic E-state index is 12.6. The SMILES string of the molecule is COc1ccc2oc(C(=O)Nc3ccc(S(=O)(=O)N(C)C)cc3)c(C)c2c1. The number of nitrogens with one attached hydrogen (secondary N) is 1. The van der Waals surface area contributed by atoms with Gasteiger partial charge >= 0.3 is 0 Å². The molecular weight excluding hydrogens is 368 g/mol. The highest BCUT2D eigenvalue weighted by Gasteiger charge is 2.20. The number of ether oxygens (including phenoxy) is 1. The monoisotopic (exact) mass is 388 g/mol. The third kappa shape index (κ3) is 3.54. The van der Waals surface area contributed by atoms with E-state index in [1.165, 1.54) is 38.4 Å². The highest BCUT2D eigenvalue weighted by Crippen LogP contribution is 2.29. The summed E-state index contributed by atoms with van der Waals surface area (Å²) in [5.41, 5.74) is 1.76. The van der Waals surface area contributed by atoms with Crippen LogP contribution in [-0.4, -0.2) is 39.8 Å². The van der Waals surface area contributed by atoms with Crippen molar-refractivity contribution in [1.29, 1.82) is 0 Å². The van der Waals surface area contributed by atoms with E-state index in [0.717, 1.165) is 9.69 Å². The van der Waals surface area contributed by atoms with Crippen molar-refractivity contribution in [3.05, 3.63) is 53.8 Å². The fraction of sp³-hybridized carbons (Fsp3) is 0.211. The molecule has 142 valence electrons. The van der Waals surface area contributed by atoms with Crippen LogP contribution in [0.25, 0.3) is 11.0 Å². The topological polar surface area (TPSA) is 88.8 Å². The lowest BCUT2D eigenvalue weighted by atomic mass is 10.1. The van der Waals surface area contributed by atoms with Gasteiger partial charge in [-0.05, 0) is 49.4 Å². The molecule has 0 unspecified atom stereocenters. The zero-order chi connectivity index (χ0) is 19.8. The standard InChI is InChI=1S/C19H20N2O5S/c1-12-16-11-14(25-4)7-10-17(16)26-18(12)19(22)20-13-5-8-15(9-6-13)27(23,24)21(2)3/h5-11H,1-4H3,(H,20,22). The number of methoxy groups -OCH3 is 1. The molecule has 0 spiro atoms. The summed E-state index contributed by atoms with van der Waals surface area (Å²) in [5.74, 6) is 0.463. The highest BCUT2D eigenvalue weighted by molar-refractivity contribution is 7.89. The molecule has 2 aromatic carbocycles. The van der Waals surface area contributed by atoms with Gasteiger partial charge in [0.2, 0.25) is 10.0 Å². The fourth-order valence-corrected chi connectivity index (χ4v) is 3.55. The van der Waals surface area contributed by atoms with Crippen molar-refractivity contribution in [2.24, 2.45) is 0 Å². The smallest absolute Gasteiger partial charge is 0.291 e. The molecule has 0 saturated heterocycles. The summed E-state index contributed by atoms with van der Waals surface area (Å²) >= 11 is 0. The quantitative estimate of drug-likeness (QED) is 0.725. The minimum absolute atomic E-state index is 0.150. The van der Waals surface area contributed by atoms with Crippen LogP contribution in [0.5, 0.6) is 5.75 Å². The van der Waals surface area contributed by atoms with Crippen molar-refractivity contribution >= 4 is 32.6 Å². The number of carbonyl (C=O) groups is 1. The number of anilines is 1. The maximum atomic E-state index is 12.6. The van der Waals surface area contributed by atoms with Crippen molar-refractivity contribution in [1.82, 2.24) is 4.31 Å². The van der Waals surface area contributed by atoms with E-state index in [1.807, 2.05) is 6.07 Å². The van der Waals surface area contributed by atoms with Gasteiger partial charge in [-0.2, -0.15) is 0 Å². The molecule has 0 aliphatic carbocycles. The van der Waals surface area contributed by atoms with Crippen LogP contribution in [0.4, 0.5) is 5.69 Å². The molecule has 1 aromatic heterocycles. The molecule has 0 saturated carbocycles. The third-order valence-corrected chi connectivity index (χ3v) is 6.07. The number of rotatable bonds is 5. The average molecular weight is 388 g/mol. The van der Waals surface area contributed by atoms with Crippen molar-refractivity contribution in [3.63, 3.8) is 0 Å². The van der Waals surface area contributed by atoms with Crippen molar-refractivity contribution < 1.29 is 22.4 Å². The number of hydrogen-bond acceptors (Lipinski definition) is 5. The van der Waals surface area contributed by atoms with E-state index >= 15 is 0 Å². The number of fused-ring (bicyclic) bond motifs is 1. The summed E-state index contributed by atoms with van der Waals surface area (Å²) in [5, 5.41) is 3.52. The zero-order valence-corrected chi connectivity index (χ0v) is 16.3. The largest absolute Gasteiger partial charge is 0.497 e. The second kappa shape index (κ2) is 7.05. The molecule has 1 N–H and O–H groups in total. The summed E-state index contributed by atoms with van der Waals surface area (Å²) in [4.78, 5) is 12.7. The van der Waals surface area contributed by atoms with Gasteiger partial charge in [0.1, 0.15) is 11.3 Å². The number of aryl methyl sites for hydroxylation is 1. The third-order valence-electron chi connectivity index (χ3n) is 4.24. The van der Waals surface area contributed by atoms with Gasteiger partial charge in [0.25, 0.3) is 5.91 Å². The molecule has 0 fully saturated rings. The van der Waals surface area contributed by atoms with Gasteiger partial charge < -0.3 is 14.5 Å². The molecule has 1 heterocycles. The average Bonchev–Trinajstić information content (AvgIpc) is 2.98. The first-order chi connectivity index (χ1) is 12.7. The van der Waals surface area contributed by atoms with Crippen LogP contribution in [-0.2, 0) is 10.0 Å². The van der Waals surface area contributed by atoms with Gasteiger partial charge in [0, 0.05) is 30.7 Å². The lowest BCUT2D eigenvalue weighted by Gasteiger charge is -2.11. The van der Waals surface area contributed by atoms with Crippen LogP contribution in [0.15, 0.2) is 51.8 Å². The minimum Gasteiger partial charge on any atom is -0.497 e. The first-order valence-electron chi connectivity index (χ1n) is 8.15. The van der Waals surface area contributed by atoms with Crippen LogP contribution in [0, 0.1) is 6.92 Å². The van der Waals surface area contributed by atoms with Crippen LogP contribution in [0.1, 0.15) is 16.1 Å². The van der Waals surface area contributed by atoms with Crippen LogP contribution in [0.3, 0.4) is 0 Å². The number of nitrogens with zero attached hydrogens (tertiary/aromatic N) is 1. The van der Waals surface area contributed by atoms with E-state index in [-0.39, 0.29) is 10.7 Å². The molecule has 0 radical (unpaired) electrons. The first-order valence-corrected chi connectivity index (χ1v) is 9.59. The Bertz CT molecular complexity index is 1100. The van der Waals surface area contributed by atoms with E-state index in [9.17, 15) is 13.2 Å². The Hall–Kier alpha value is -2.84. The Morgan fingerprint density at radius 2 is 1.78 bits per heavy atom. The molecule has 7 nitrogen and oxygen atoms in total. The number of hydrogen-bond donors (Lipinski definition) is 1. The number of benzene rings is 2. The predicted molar refractivity (Wildman–Crippen MR) is 103 cm³/mol. The second-order valence-corrected chi connectivity index (χ2v) is 8.34. The van der Waals surface area contributed by atoms with Crippen LogP contribution in [0.2, 0.25) is 0 Å². The van der Waals surface area contributed by atoms with E-state index in [4.69, 9.17) is 9.15 Å².